The molecule has 1 fully saturated rings. The van der Waals surface area contributed by atoms with Gasteiger partial charge in [-0.25, -0.2) is 4.57 Å². The maximum atomic E-state index is 12.8. The van der Waals surface area contributed by atoms with Crippen LogP contribution in [0.5, 0.6) is 0 Å². The minimum Gasteiger partial charge on any atom is -0.462 e. The standard InChI is InChI=1S/C49H91O13P/c1-3-5-7-9-11-13-15-17-18-19-20-21-22-23-24-26-27-29-31-33-35-37-42(50)59-39-41(40-60-63(57,58)62-49-47(55)45(53)44(52)46(54)48(49)56)61-43(51)38-36-34-32-30-28-25-16-14-12-10-8-6-4-2/h17-18,25,28,41,44-49,52-56H,3-16,19-24,26-27,29-40H2,1-2H3,(H,57,58)/b18-17+,28-25+/t41-,44?,45-,46?,47?,48?,49?/m0/s1. The van der Waals surface area contributed by atoms with Gasteiger partial charge in [0, 0.05) is 12.8 Å². The Hall–Kier alpha value is -1.67. The Morgan fingerprint density at radius 3 is 1.22 bits per heavy atom. The number of carbonyl (C=O) groups is 2. The fourth-order valence-electron chi connectivity index (χ4n) is 7.69. The molecule has 13 nitrogen and oxygen atoms in total. The van der Waals surface area contributed by atoms with Crippen molar-refractivity contribution in [1.29, 1.82) is 0 Å². The van der Waals surface area contributed by atoms with Gasteiger partial charge in [-0.05, 0) is 64.2 Å². The van der Waals surface area contributed by atoms with Crippen LogP contribution in [0.4, 0.5) is 0 Å². The number of carbonyl (C=O) groups excluding carboxylic acids is 2. The van der Waals surface area contributed by atoms with E-state index in [9.17, 15) is 44.6 Å². The molecule has 0 spiro atoms. The summed E-state index contributed by atoms with van der Waals surface area (Å²) in [6.07, 6.45) is 30.9. The van der Waals surface area contributed by atoms with E-state index in [4.69, 9.17) is 18.5 Å². The van der Waals surface area contributed by atoms with Crippen LogP contribution in [0, 0.1) is 0 Å². The molecule has 1 rings (SSSR count). The number of aliphatic hydroxyl groups excluding tert-OH is 5. The first-order valence-electron chi connectivity index (χ1n) is 25.1. The average molecular weight is 919 g/mol. The number of hydrogen-bond acceptors (Lipinski definition) is 12. The van der Waals surface area contributed by atoms with Crippen LogP contribution in [0.3, 0.4) is 0 Å². The Kier molecular flexibility index (Phi) is 37.2. The fourth-order valence-corrected chi connectivity index (χ4v) is 8.66. The molecule has 0 aromatic heterocycles. The third-order valence-corrected chi connectivity index (χ3v) is 12.8. The molecule has 8 atom stereocenters. The molecule has 370 valence electrons. The van der Waals surface area contributed by atoms with Gasteiger partial charge in [-0.3, -0.25) is 18.6 Å². The second kappa shape index (κ2) is 39.5. The molecule has 0 heterocycles. The van der Waals surface area contributed by atoms with Crippen molar-refractivity contribution in [2.75, 3.05) is 13.2 Å². The molecule has 1 aliphatic carbocycles. The summed E-state index contributed by atoms with van der Waals surface area (Å²) >= 11 is 0. The number of hydrogen-bond donors (Lipinski definition) is 6. The Bertz CT molecular complexity index is 1200. The number of esters is 2. The smallest absolute Gasteiger partial charge is 0.462 e. The highest BCUT2D eigenvalue weighted by molar-refractivity contribution is 7.47. The molecule has 0 radical (unpaired) electrons. The van der Waals surface area contributed by atoms with Gasteiger partial charge in [0.05, 0.1) is 6.61 Å². The van der Waals surface area contributed by atoms with E-state index in [1.165, 1.54) is 135 Å². The van der Waals surface area contributed by atoms with Gasteiger partial charge in [-0.1, -0.05) is 167 Å². The molecular formula is C49H91O13P. The third kappa shape index (κ3) is 31.8. The van der Waals surface area contributed by atoms with Gasteiger partial charge < -0.3 is 39.9 Å². The van der Waals surface area contributed by atoms with E-state index >= 15 is 0 Å². The minimum atomic E-state index is -5.12. The van der Waals surface area contributed by atoms with Crippen molar-refractivity contribution in [3.63, 3.8) is 0 Å². The Morgan fingerprint density at radius 1 is 0.476 bits per heavy atom. The van der Waals surface area contributed by atoms with Gasteiger partial charge in [-0.15, -0.1) is 0 Å². The van der Waals surface area contributed by atoms with Crippen LogP contribution in [-0.2, 0) is 32.7 Å². The average Bonchev–Trinajstić information content (AvgIpc) is 3.26. The van der Waals surface area contributed by atoms with Crippen molar-refractivity contribution in [2.45, 2.75) is 262 Å². The van der Waals surface area contributed by atoms with Crippen LogP contribution in [0.2, 0.25) is 0 Å². The Balaban J connectivity index is 2.38. The van der Waals surface area contributed by atoms with Crippen molar-refractivity contribution < 1.29 is 63.1 Å². The van der Waals surface area contributed by atoms with Crippen molar-refractivity contribution in [3.8, 4) is 0 Å². The van der Waals surface area contributed by atoms with E-state index in [0.717, 1.165) is 44.9 Å². The molecule has 6 unspecified atom stereocenters. The highest BCUT2D eigenvalue weighted by Gasteiger charge is 2.51. The SMILES string of the molecule is CCCCCCCC/C=C/CCCCCCCCCCCCCC(=O)OC[C@@H](COP(=O)(O)OC1C(O)C(O)C(O)[C@H](O)C1O)OC(=O)CCCCC/C=C/CCCCCCCC. The van der Waals surface area contributed by atoms with E-state index in [1.807, 2.05) is 0 Å². The minimum absolute atomic E-state index is 0.0784. The predicted molar refractivity (Wildman–Crippen MR) is 249 cm³/mol. The molecule has 1 aliphatic rings. The lowest BCUT2D eigenvalue weighted by Crippen LogP contribution is -2.64. The van der Waals surface area contributed by atoms with Crippen molar-refractivity contribution >= 4 is 19.8 Å². The third-order valence-electron chi connectivity index (χ3n) is 11.8. The summed E-state index contributed by atoms with van der Waals surface area (Å²) in [5, 5.41) is 50.2. The molecule has 0 aliphatic heterocycles. The largest absolute Gasteiger partial charge is 0.472 e. The number of phosphoric acid groups is 1. The maximum Gasteiger partial charge on any atom is 0.472 e. The van der Waals surface area contributed by atoms with Gasteiger partial charge in [0.25, 0.3) is 0 Å². The summed E-state index contributed by atoms with van der Waals surface area (Å²) in [5.41, 5.74) is 0. The monoisotopic (exact) mass is 919 g/mol. The second-order valence-electron chi connectivity index (χ2n) is 17.7. The molecule has 1 saturated carbocycles. The number of phosphoric ester groups is 1. The van der Waals surface area contributed by atoms with Crippen LogP contribution in [0.1, 0.15) is 219 Å². The number of allylic oxidation sites excluding steroid dienone is 4. The molecule has 0 aromatic carbocycles. The Labute approximate surface area is 381 Å². The highest BCUT2D eigenvalue weighted by atomic mass is 31.2. The van der Waals surface area contributed by atoms with Crippen LogP contribution in [0.15, 0.2) is 24.3 Å². The fraction of sp³-hybridized carbons (Fsp3) is 0.878. The summed E-state index contributed by atoms with van der Waals surface area (Å²) in [4.78, 5) is 35.7. The van der Waals surface area contributed by atoms with E-state index in [2.05, 4.69) is 38.2 Å². The van der Waals surface area contributed by atoms with Crippen LogP contribution in [0.25, 0.3) is 0 Å². The molecule has 0 bridgehead atoms. The van der Waals surface area contributed by atoms with Crippen molar-refractivity contribution in [1.82, 2.24) is 0 Å². The zero-order valence-electron chi connectivity index (χ0n) is 39.4. The maximum absolute atomic E-state index is 12.8. The summed E-state index contributed by atoms with van der Waals surface area (Å²) in [6.45, 7) is 3.29. The molecule has 6 N–H and O–H groups in total. The van der Waals surface area contributed by atoms with Crippen LogP contribution >= 0.6 is 7.82 Å². The lowest BCUT2D eigenvalue weighted by molar-refractivity contribution is -0.220. The summed E-state index contributed by atoms with van der Waals surface area (Å²) in [5.74, 6) is -1.11. The van der Waals surface area contributed by atoms with Gasteiger partial charge in [0.15, 0.2) is 6.10 Å². The van der Waals surface area contributed by atoms with Gasteiger partial charge in [-0.2, -0.15) is 0 Å². The lowest BCUT2D eigenvalue weighted by Gasteiger charge is -2.41. The topological polar surface area (TPSA) is 210 Å². The molecule has 0 amide bonds. The van der Waals surface area contributed by atoms with Gasteiger partial charge in [0.1, 0.15) is 43.2 Å². The normalized spacial score (nSPS) is 21.8. The first kappa shape index (κ1) is 59.3. The molecular weight excluding hydrogens is 827 g/mol. The Morgan fingerprint density at radius 2 is 0.810 bits per heavy atom. The molecule has 14 heteroatoms. The molecule has 0 saturated heterocycles. The van der Waals surface area contributed by atoms with Crippen LogP contribution < -0.4 is 0 Å². The van der Waals surface area contributed by atoms with E-state index in [0.29, 0.717) is 12.8 Å². The zero-order chi connectivity index (χ0) is 46.4. The summed E-state index contributed by atoms with van der Waals surface area (Å²) in [7, 11) is -5.12. The van der Waals surface area contributed by atoms with E-state index in [-0.39, 0.29) is 12.8 Å². The van der Waals surface area contributed by atoms with Gasteiger partial charge >= 0.3 is 19.8 Å². The summed E-state index contributed by atoms with van der Waals surface area (Å²) < 4.78 is 33.6. The first-order chi connectivity index (χ1) is 30.4. The quantitative estimate of drug-likeness (QED) is 0.0146. The van der Waals surface area contributed by atoms with Crippen LogP contribution in [-0.4, -0.2) is 98.3 Å². The van der Waals surface area contributed by atoms with Gasteiger partial charge in [0.2, 0.25) is 0 Å². The number of unbranched alkanes of at least 4 members (excludes halogenated alkanes) is 26. The van der Waals surface area contributed by atoms with E-state index in [1.54, 1.807) is 0 Å². The number of ether oxygens (including phenoxy) is 2. The van der Waals surface area contributed by atoms with Crippen molar-refractivity contribution in [3.05, 3.63) is 24.3 Å². The number of rotatable bonds is 42. The lowest BCUT2D eigenvalue weighted by atomic mass is 9.85. The summed E-state index contributed by atoms with van der Waals surface area (Å²) in [6, 6.07) is 0. The second-order valence-corrected chi connectivity index (χ2v) is 19.1. The molecule has 0 aromatic rings. The number of aliphatic hydroxyl groups is 5. The zero-order valence-corrected chi connectivity index (χ0v) is 40.3. The van der Waals surface area contributed by atoms with Crippen molar-refractivity contribution in [2.24, 2.45) is 0 Å². The first-order valence-corrected chi connectivity index (χ1v) is 26.6. The predicted octanol–water partition coefficient (Wildman–Crippen LogP) is 10.4. The highest BCUT2D eigenvalue weighted by Crippen LogP contribution is 2.47. The van der Waals surface area contributed by atoms with E-state index < -0.39 is 75.7 Å². The molecule has 63 heavy (non-hydrogen) atoms.